The number of hydrogen-bond donors (Lipinski definition) is 1. The Bertz CT molecular complexity index is 564. The number of rotatable bonds is 6. The Morgan fingerprint density at radius 3 is 2.52 bits per heavy atom. The average molecular weight is 289 g/mol. The first-order valence-electron chi connectivity index (χ1n) is 7.18. The van der Waals surface area contributed by atoms with Crippen LogP contribution >= 0.6 is 0 Å². The molecule has 114 valence electrons. The topological polar surface area (TPSA) is 74.2 Å². The van der Waals surface area contributed by atoms with Crippen molar-refractivity contribution in [2.45, 2.75) is 45.3 Å². The van der Waals surface area contributed by atoms with Gasteiger partial charge in [-0.25, -0.2) is 0 Å². The molecule has 0 fully saturated rings. The van der Waals surface area contributed by atoms with E-state index < -0.39 is 0 Å². The van der Waals surface area contributed by atoms with Gasteiger partial charge in [0.1, 0.15) is 0 Å². The molecule has 2 rings (SSSR count). The van der Waals surface area contributed by atoms with E-state index in [0.29, 0.717) is 18.3 Å². The molecule has 0 aliphatic carbocycles. The highest BCUT2D eigenvalue weighted by molar-refractivity contribution is 5.29. The van der Waals surface area contributed by atoms with E-state index in [1.165, 1.54) is 0 Å². The Morgan fingerprint density at radius 2 is 1.90 bits per heavy atom. The molecule has 1 atom stereocenters. The van der Waals surface area contributed by atoms with Gasteiger partial charge >= 0.3 is 0 Å². The van der Waals surface area contributed by atoms with Crippen molar-refractivity contribution in [3.05, 3.63) is 47.6 Å². The van der Waals surface area contributed by atoms with Crippen LogP contribution in [0.5, 0.6) is 0 Å². The van der Waals surface area contributed by atoms with Gasteiger partial charge in [-0.05, 0) is 33.3 Å². The summed E-state index contributed by atoms with van der Waals surface area (Å²) in [6.07, 6.45) is 0.128. The molecule has 21 heavy (non-hydrogen) atoms. The normalized spacial score (nSPS) is 13.6. The maximum absolute atomic E-state index is 6.03. The van der Waals surface area contributed by atoms with Crippen molar-refractivity contribution >= 4 is 0 Å². The molecule has 1 heterocycles. The van der Waals surface area contributed by atoms with Crippen LogP contribution in [0.2, 0.25) is 0 Å². The van der Waals surface area contributed by atoms with E-state index in [4.69, 9.17) is 15.0 Å². The predicted octanol–water partition coefficient (Wildman–Crippen LogP) is 2.82. The van der Waals surface area contributed by atoms with E-state index in [9.17, 15) is 0 Å². The number of nitrogens with two attached hydrogens (primary N) is 1. The Morgan fingerprint density at radius 1 is 1.24 bits per heavy atom. The zero-order valence-corrected chi connectivity index (χ0v) is 13.0. The van der Waals surface area contributed by atoms with E-state index in [-0.39, 0.29) is 17.6 Å². The summed E-state index contributed by atoms with van der Waals surface area (Å²) in [4.78, 5) is 4.45. The molecule has 0 radical (unpaired) electrons. The van der Waals surface area contributed by atoms with Crippen LogP contribution in [-0.4, -0.2) is 22.9 Å². The first-order chi connectivity index (χ1) is 9.91. The summed E-state index contributed by atoms with van der Waals surface area (Å²) in [5.41, 5.74) is 6.79. The molecule has 0 saturated heterocycles. The fourth-order valence-corrected chi connectivity index (χ4v) is 1.99. The minimum Gasteiger partial charge on any atom is -0.377 e. The molecule has 5 heteroatoms. The predicted molar refractivity (Wildman–Crippen MR) is 80.9 cm³/mol. The molecule has 0 spiro atoms. The average Bonchev–Trinajstić information content (AvgIpc) is 2.96. The molecule has 0 saturated carbocycles. The second-order valence-electron chi connectivity index (χ2n) is 5.94. The van der Waals surface area contributed by atoms with Gasteiger partial charge < -0.3 is 15.0 Å². The van der Waals surface area contributed by atoms with Gasteiger partial charge in [-0.3, -0.25) is 0 Å². The molecule has 0 amide bonds. The number of benzene rings is 1. The first-order valence-corrected chi connectivity index (χ1v) is 7.18. The monoisotopic (exact) mass is 289 g/mol. The van der Waals surface area contributed by atoms with Crippen LogP contribution in [0.3, 0.4) is 0 Å². The highest BCUT2D eigenvalue weighted by atomic mass is 16.5. The van der Waals surface area contributed by atoms with Gasteiger partial charge in [0.2, 0.25) is 5.89 Å². The maximum atomic E-state index is 6.03. The van der Waals surface area contributed by atoms with Crippen molar-refractivity contribution in [1.82, 2.24) is 10.1 Å². The van der Waals surface area contributed by atoms with Gasteiger partial charge in [0.05, 0.1) is 24.2 Å². The largest absolute Gasteiger partial charge is 0.377 e. The summed E-state index contributed by atoms with van der Waals surface area (Å²) in [5, 5.41) is 3.99. The summed E-state index contributed by atoms with van der Waals surface area (Å²) in [7, 11) is 0. The molecule has 0 bridgehead atoms. The Labute approximate surface area is 125 Å². The molecular formula is C16H23N3O2. The minimum atomic E-state index is -0.378. The lowest BCUT2D eigenvalue weighted by atomic mass is 9.84. The van der Waals surface area contributed by atoms with E-state index >= 15 is 0 Å². The molecule has 2 aromatic rings. The lowest BCUT2D eigenvalue weighted by molar-refractivity contribution is 0.0665. The maximum Gasteiger partial charge on any atom is 0.236 e. The quantitative estimate of drug-likeness (QED) is 0.885. The van der Waals surface area contributed by atoms with Crippen LogP contribution in [-0.2, 0) is 10.2 Å². The molecule has 1 unspecified atom stereocenters. The third kappa shape index (κ3) is 3.68. The summed E-state index contributed by atoms with van der Waals surface area (Å²) in [5.74, 6) is 1.04. The van der Waals surface area contributed by atoms with E-state index in [1.807, 2.05) is 44.2 Å². The zero-order valence-electron chi connectivity index (χ0n) is 13.0. The highest BCUT2D eigenvalue weighted by Gasteiger charge is 2.30. The third-order valence-corrected chi connectivity index (χ3v) is 3.41. The standard InChI is InChI=1S/C16H23N3O2/c1-11(2)20-10-13(17)14-18-15(21-19-14)16(3,4)12-8-6-5-7-9-12/h5-9,11,13H,10,17H2,1-4H3. The van der Waals surface area contributed by atoms with Crippen molar-refractivity contribution < 1.29 is 9.26 Å². The van der Waals surface area contributed by atoms with Gasteiger partial charge in [-0.15, -0.1) is 0 Å². The van der Waals surface area contributed by atoms with Crippen molar-refractivity contribution in [1.29, 1.82) is 0 Å². The van der Waals surface area contributed by atoms with E-state index in [1.54, 1.807) is 0 Å². The Hall–Kier alpha value is -1.72. The molecule has 0 aliphatic rings. The second kappa shape index (κ2) is 6.37. The van der Waals surface area contributed by atoms with Gasteiger partial charge in [-0.2, -0.15) is 4.98 Å². The van der Waals surface area contributed by atoms with Crippen LogP contribution in [0, 0.1) is 0 Å². The van der Waals surface area contributed by atoms with Crippen LogP contribution in [0.25, 0.3) is 0 Å². The molecule has 1 aromatic heterocycles. The van der Waals surface area contributed by atoms with Gasteiger partial charge in [0.15, 0.2) is 5.82 Å². The van der Waals surface area contributed by atoms with Crippen LogP contribution in [0.15, 0.2) is 34.9 Å². The minimum absolute atomic E-state index is 0.128. The van der Waals surface area contributed by atoms with Gasteiger partial charge in [0.25, 0.3) is 0 Å². The van der Waals surface area contributed by atoms with Crippen LogP contribution < -0.4 is 5.73 Å². The smallest absolute Gasteiger partial charge is 0.236 e. The fourth-order valence-electron chi connectivity index (χ4n) is 1.99. The zero-order chi connectivity index (χ0) is 15.5. The van der Waals surface area contributed by atoms with Crippen LogP contribution in [0.4, 0.5) is 0 Å². The molecule has 2 N–H and O–H groups in total. The Balaban J connectivity index is 2.15. The Kier molecular flexibility index (Phi) is 4.75. The van der Waals surface area contributed by atoms with Gasteiger partial charge in [-0.1, -0.05) is 35.5 Å². The summed E-state index contributed by atoms with van der Waals surface area (Å²) < 4.78 is 10.9. The highest BCUT2D eigenvalue weighted by Crippen LogP contribution is 2.30. The molecule has 1 aromatic carbocycles. The summed E-state index contributed by atoms with van der Waals surface area (Å²) in [6.45, 7) is 8.41. The molecular weight excluding hydrogens is 266 g/mol. The van der Waals surface area contributed by atoms with Crippen molar-refractivity contribution in [3.63, 3.8) is 0 Å². The number of aromatic nitrogens is 2. The van der Waals surface area contributed by atoms with Crippen molar-refractivity contribution in [2.75, 3.05) is 6.61 Å². The number of hydrogen-bond acceptors (Lipinski definition) is 5. The first kappa shape index (κ1) is 15.7. The third-order valence-electron chi connectivity index (χ3n) is 3.41. The molecule has 0 aliphatic heterocycles. The lowest BCUT2D eigenvalue weighted by Crippen LogP contribution is -2.22. The van der Waals surface area contributed by atoms with Crippen molar-refractivity contribution in [2.24, 2.45) is 5.73 Å². The van der Waals surface area contributed by atoms with Crippen molar-refractivity contribution in [3.8, 4) is 0 Å². The summed E-state index contributed by atoms with van der Waals surface area (Å²) >= 11 is 0. The summed E-state index contributed by atoms with van der Waals surface area (Å²) in [6, 6.07) is 9.69. The van der Waals surface area contributed by atoms with Gasteiger partial charge in [0, 0.05) is 0 Å². The van der Waals surface area contributed by atoms with E-state index in [2.05, 4.69) is 24.0 Å². The fraction of sp³-hybridized carbons (Fsp3) is 0.500. The number of ether oxygens (including phenoxy) is 1. The SMILES string of the molecule is CC(C)OCC(N)c1noc(C(C)(C)c2ccccc2)n1. The number of nitrogens with zero attached hydrogens (tertiary/aromatic N) is 2. The molecule has 5 nitrogen and oxygen atoms in total. The lowest BCUT2D eigenvalue weighted by Gasteiger charge is -2.20. The van der Waals surface area contributed by atoms with E-state index in [0.717, 1.165) is 5.56 Å². The second-order valence-corrected chi connectivity index (χ2v) is 5.94. The van der Waals surface area contributed by atoms with Crippen LogP contribution in [0.1, 0.15) is 51.0 Å².